The molecule has 7 heteroatoms. The predicted molar refractivity (Wildman–Crippen MR) is 92.8 cm³/mol. The van der Waals surface area contributed by atoms with Crippen LogP contribution < -0.4 is 10.1 Å². The van der Waals surface area contributed by atoms with E-state index in [4.69, 9.17) is 4.74 Å². The van der Waals surface area contributed by atoms with Gasteiger partial charge in [0, 0.05) is 35.6 Å². The largest absolute Gasteiger partial charge is 0.457 e. The molecule has 1 amide bonds. The van der Waals surface area contributed by atoms with Crippen molar-refractivity contribution in [3.8, 4) is 11.5 Å². The smallest absolute Gasteiger partial charge is 0.332 e. The zero-order valence-electron chi connectivity index (χ0n) is 12.4. The summed E-state index contributed by atoms with van der Waals surface area (Å²) in [6.45, 7) is 0. The van der Waals surface area contributed by atoms with E-state index in [0.717, 1.165) is 10.9 Å². The maximum absolute atomic E-state index is 12.3. The highest BCUT2D eigenvalue weighted by molar-refractivity contribution is 7.13. The first-order valence-electron chi connectivity index (χ1n) is 7.19. The average Bonchev–Trinajstić information content (AvgIpc) is 3.25. The normalized spacial score (nSPS) is 10.7. The molecule has 1 N–H and O–H groups in total. The molecule has 0 saturated heterocycles. The van der Waals surface area contributed by atoms with Crippen LogP contribution in [0.25, 0.3) is 10.9 Å². The summed E-state index contributed by atoms with van der Waals surface area (Å²) in [6, 6.07) is 10.8. The number of rotatable bonds is 3. The van der Waals surface area contributed by atoms with Gasteiger partial charge in [-0.25, -0.2) is 9.78 Å². The Hall–Kier alpha value is -3.19. The van der Waals surface area contributed by atoms with E-state index >= 15 is 0 Å². The molecule has 24 heavy (non-hydrogen) atoms. The molecule has 0 aliphatic heterocycles. The second kappa shape index (κ2) is 6.13. The lowest BCUT2D eigenvalue weighted by atomic mass is 10.2. The summed E-state index contributed by atoms with van der Waals surface area (Å²) >= 11 is 1.38. The third-order valence-electron chi connectivity index (χ3n) is 3.41. The molecule has 1 aromatic carbocycles. The van der Waals surface area contributed by atoms with Gasteiger partial charge in [0.15, 0.2) is 5.13 Å². The van der Waals surface area contributed by atoms with E-state index in [1.165, 1.54) is 11.3 Å². The van der Waals surface area contributed by atoms with Crippen molar-refractivity contribution in [3.63, 3.8) is 0 Å². The number of aromatic nitrogens is 3. The van der Waals surface area contributed by atoms with E-state index in [-0.39, 0.29) is 6.03 Å². The van der Waals surface area contributed by atoms with E-state index < -0.39 is 0 Å². The lowest BCUT2D eigenvalue weighted by molar-refractivity contribution is 0.254. The number of hydrogen-bond donors (Lipinski definition) is 1. The molecule has 0 radical (unpaired) electrons. The summed E-state index contributed by atoms with van der Waals surface area (Å²) in [5.74, 6) is 1.41. The third kappa shape index (κ3) is 2.84. The van der Waals surface area contributed by atoms with Crippen molar-refractivity contribution in [2.75, 3.05) is 5.32 Å². The van der Waals surface area contributed by atoms with Gasteiger partial charge in [0.2, 0.25) is 0 Å². The van der Waals surface area contributed by atoms with Gasteiger partial charge in [-0.1, -0.05) is 0 Å². The average molecular weight is 336 g/mol. The quantitative estimate of drug-likeness (QED) is 0.603. The first-order chi connectivity index (χ1) is 11.8. The SMILES string of the molecule is O=C(Nc1nccs1)n1ccc2cc(Oc3ccncc3)ccc21. The Morgan fingerprint density at radius 1 is 1.08 bits per heavy atom. The van der Waals surface area contributed by atoms with E-state index in [2.05, 4.69) is 15.3 Å². The molecule has 118 valence electrons. The molecule has 0 bridgehead atoms. The first-order valence-corrected chi connectivity index (χ1v) is 8.07. The summed E-state index contributed by atoms with van der Waals surface area (Å²) in [6.07, 6.45) is 6.72. The Kier molecular flexibility index (Phi) is 3.68. The second-order valence-corrected chi connectivity index (χ2v) is 5.85. The van der Waals surface area contributed by atoms with Crippen LogP contribution in [-0.4, -0.2) is 20.6 Å². The minimum Gasteiger partial charge on any atom is -0.457 e. The number of amides is 1. The van der Waals surface area contributed by atoms with Gasteiger partial charge in [-0.15, -0.1) is 11.3 Å². The summed E-state index contributed by atoms with van der Waals surface area (Å²) in [4.78, 5) is 20.4. The van der Waals surface area contributed by atoms with Crippen molar-refractivity contribution in [2.45, 2.75) is 0 Å². The fraction of sp³-hybridized carbons (Fsp3) is 0. The molecule has 0 fully saturated rings. The molecule has 4 rings (SSSR count). The fourth-order valence-corrected chi connectivity index (χ4v) is 2.86. The highest BCUT2D eigenvalue weighted by Gasteiger charge is 2.11. The van der Waals surface area contributed by atoms with Crippen LogP contribution in [0.3, 0.4) is 0 Å². The Morgan fingerprint density at radius 2 is 1.96 bits per heavy atom. The van der Waals surface area contributed by atoms with Crippen molar-refractivity contribution in [3.05, 3.63) is 66.6 Å². The molecule has 6 nitrogen and oxygen atoms in total. The molecule has 0 atom stereocenters. The fourth-order valence-electron chi connectivity index (χ4n) is 2.34. The maximum atomic E-state index is 12.3. The van der Waals surface area contributed by atoms with Crippen LogP contribution in [-0.2, 0) is 0 Å². The first kappa shape index (κ1) is 14.4. The summed E-state index contributed by atoms with van der Waals surface area (Å²) in [5.41, 5.74) is 0.797. The molecule has 0 aliphatic rings. The van der Waals surface area contributed by atoms with Crippen molar-refractivity contribution < 1.29 is 9.53 Å². The zero-order chi connectivity index (χ0) is 16.4. The monoisotopic (exact) mass is 336 g/mol. The molecular weight excluding hydrogens is 324 g/mol. The number of nitrogens with one attached hydrogen (secondary N) is 1. The Labute approximate surface area is 141 Å². The van der Waals surface area contributed by atoms with Crippen LogP contribution >= 0.6 is 11.3 Å². The van der Waals surface area contributed by atoms with Crippen LogP contribution in [0.2, 0.25) is 0 Å². The topological polar surface area (TPSA) is 69.0 Å². The van der Waals surface area contributed by atoms with Crippen LogP contribution in [0, 0.1) is 0 Å². The van der Waals surface area contributed by atoms with Crippen molar-refractivity contribution in [1.29, 1.82) is 0 Å². The van der Waals surface area contributed by atoms with Gasteiger partial charge in [0.05, 0.1) is 5.52 Å². The summed E-state index contributed by atoms with van der Waals surface area (Å²) < 4.78 is 7.33. The molecule has 3 heterocycles. The van der Waals surface area contributed by atoms with E-state index in [1.54, 1.807) is 41.5 Å². The van der Waals surface area contributed by atoms with Crippen molar-refractivity contribution >= 4 is 33.4 Å². The minimum atomic E-state index is -0.247. The van der Waals surface area contributed by atoms with E-state index in [9.17, 15) is 4.79 Å². The minimum absolute atomic E-state index is 0.247. The third-order valence-corrected chi connectivity index (χ3v) is 4.10. The molecule has 0 aliphatic carbocycles. The molecule has 4 aromatic rings. The number of carbonyl (C=O) groups is 1. The highest BCUT2D eigenvalue weighted by atomic mass is 32.1. The lowest BCUT2D eigenvalue weighted by Crippen LogP contribution is -2.18. The van der Waals surface area contributed by atoms with E-state index in [1.807, 2.05) is 29.6 Å². The van der Waals surface area contributed by atoms with Crippen LogP contribution in [0.1, 0.15) is 0 Å². The van der Waals surface area contributed by atoms with Crippen LogP contribution in [0.5, 0.6) is 11.5 Å². The zero-order valence-corrected chi connectivity index (χ0v) is 13.2. The highest BCUT2D eigenvalue weighted by Crippen LogP contribution is 2.26. The van der Waals surface area contributed by atoms with Gasteiger partial charge in [0.1, 0.15) is 11.5 Å². The lowest BCUT2D eigenvalue weighted by Gasteiger charge is -2.07. The number of carbonyl (C=O) groups excluding carboxylic acids is 1. The Balaban J connectivity index is 1.60. The van der Waals surface area contributed by atoms with Gasteiger partial charge in [0.25, 0.3) is 0 Å². The summed E-state index contributed by atoms with van der Waals surface area (Å²) in [5, 5.41) is 6.06. The van der Waals surface area contributed by atoms with E-state index in [0.29, 0.717) is 16.6 Å². The van der Waals surface area contributed by atoms with Crippen LogP contribution in [0.15, 0.2) is 66.6 Å². The molecule has 0 unspecified atom stereocenters. The van der Waals surface area contributed by atoms with Crippen molar-refractivity contribution in [1.82, 2.24) is 14.5 Å². The van der Waals surface area contributed by atoms with Gasteiger partial charge in [-0.2, -0.15) is 0 Å². The van der Waals surface area contributed by atoms with Gasteiger partial charge in [-0.3, -0.25) is 14.9 Å². The van der Waals surface area contributed by atoms with Gasteiger partial charge >= 0.3 is 6.03 Å². The summed E-state index contributed by atoms with van der Waals surface area (Å²) in [7, 11) is 0. The maximum Gasteiger partial charge on any atom is 0.332 e. The van der Waals surface area contributed by atoms with Crippen LogP contribution in [0.4, 0.5) is 9.93 Å². The standard InChI is InChI=1S/C17H12N4O2S/c22-17(20-16-19-8-10-24-16)21-9-5-12-11-14(1-2-15(12)21)23-13-3-6-18-7-4-13/h1-11H,(H,19,20,22). The molecule has 3 aromatic heterocycles. The number of anilines is 1. The predicted octanol–water partition coefficient (Wildman–Crippen LogP) is 4.37. The Morgan fingerprint density at radius 3 is 2.75 bits per heavy atom. The number of hydrogen-bond acceptors (Lipinski definition) is 5. The van der Waals surface area contributed by atoms with Crippen molar-refractivity contribution in [2.24, 2.45) is 0 Å². The number of thiazole rings is 1. The number of nitrogens with zero attached hydrogens (tertiary/aromatic N) is 3. The Bertz CT molecular complexity index is 980. The van der Waals surface area contributed by atoms with Gasteiger partial charge in [-0.05, 0) is 36.4 Å². The van der Waals surface area contributed by atoms with Gasteiger partial charge < -0.3 is 4.74 Å². The number of pyridine rings is 1. The number of fused-ring (bicyclic) bond motifs is 1. The number of benzene rings is 1. The molecule has 0 saturated carbocycles. The number of ether oxygens (including phenoxy) is 1. The second-order valence-electron chi connectivity index (χ2n) is 4.96. The molecule has 0 spiro atoms. The molecular formula is C17H12N4O2S.